The van der Waals surface area contributed by atoms with Crippen molar-refractivity contribution in [1.29, 1.82) is 0 Å². The number of hydrogen-bond donors (Lipinski definition) is 1. The molecule has 0 radical (unpaired) electrons. The molecule has 0 saturated carbocycles. The summed E-state index contributed by atoms with van der Waals surface area (Å²) in [5.74, 6) is 0.310. The van der Waals surface area contributed by atoms with Crippen molar-refractivity contribution in [3.8, 4) is 17.0 Å². The molecular weight excluding hydrogens is 283 g/mol. The average molecular weight is 297 g/mol. The number of anilines is 1. The monoisotopic (exact) mass is 297 g/mol. The third-order valence-electron chi connectivity index (χ3n) is 2.90. The third kappa shape index (κ3) is 3.42. The van der Waals surface area contributed by atoms with Gasteiger partial charge in [0.1, 0.15) is 17.9 Å². The SMILES string of the molecule is CCc1c(NC)ncnc1-c1ccccc1OC(F)(F)F. The maximum atomic E-state index is 12.5. The van der Waals surface area contributed by atoms with Crippen molar-refractivity contribution >= 4 is 5.82 Å². The van der Waals surface area contributed by atoms with E-state index in [9.17, 15) is 13.2 Å². The van der Waals surface area contributed by atoms with Crippen molar-refractivity contribution in [1.82, 2.24) is 9.97 Å². The standard InChI is InChI=1S/C14H14F3N3O/c1-3-9-12(19-8-20-13(9)18-2)10-6-4-5-7-11(10)21-14(15,16)17/h4-8H,3H2,1-2H3,(H,18,19,20). The lowest BCUT2D eigenvalue weighted by Crippen LogP contribution is -2.17. The van der Waals surface area contributed by atoms with E-state index >= 15 is 0 Å². The van der Waals surface area contributed by atoms with Crippen LogP contribution in [-0.2, 0) is 6.42 Å². The number of aromatic nitrogens is 2. The van der Waals surface area contributed by atoms with Crippen molar-refractivity contribution in [3.63, 3.8) is 0 Å². The lowest BCUT2D eigenvalue weighted by Gasteiger charge is -2.15. The second kappa shape index (κ2) is 5.99. The number of para-hydroxylation sites is 1. The highest BCUT2D eigenvalue weighted by molar-refractivity contribution is 5.73. The van der Waals surface area contributed by atoms with Gasteiger partial charge in [0.25, 0.3) is 0 Å². The number of rotatable bonds is 4. The quantitative estimate of drug-likeness (QED) is 0.936. The van der Waals surface area contributed by atoms with Crippen LogP contribution in [0.25, 0.3) is 11.3 Å². The van der Waals surface area contributed by atoms with Gasteiger partial charge in [0.05, 0.1) is 5.69 Å². The Bertz CT molecular complexity index is 629. The predicted octanol–water partition coefficient (Wildman–Crippen LogP) is 3.65. The molecule has 2 rings (SSSR count). The number of halogens is 3. The molecule has 1 aromatic heterocycles. The van der Waals surface area contributed by atoms with Crippen LogP contribution in [0.4, 0.5) is 19.0 Å². The predicted molar refractivity (Wildman–Crippen MR) is 73.1 cm³/mol. The first kappa shape index (κ1) is 15.1. The lowest BCUT2D eigenvalue weighted by molar-refractivity contribution is -0.274. The summed E-state index contributed by atoms with van der Waals surface area (Å²) < 4.78 is 41.6. The Morgan fingerprint density at radius 1 is 1.19 bits per heavy atom. The average Bonchev–Trinajstić information content (AvgIpc) is 2.45. The zero-order chi connectivity index (χ0) is 15.5. The van der Waals surface area contributed by atoms with Crippen LogP contribution in [0, 0.1) is 0 Å². The molecule has 0 unspecified atom stereocenters. The third-order valence-corrected chi connectivity index (χ3v) is 2.90. The smallest absolute Gasteiger partial charge is 0.405 e. The minimum Gasteiger partial charge on any atom is -0.405 e. The van der Waals surface area contributed by atoms with Gasteiger partial charge < -0.3 is 10.1 Å². The minimum absolute atomic E-state index is 0.277. The molecule has 21 heavy (non-hydrogen) atoms. The Labute approximate surface area is 120 Å². The van der Waals surface area contributed by atoms with Gasteiger partial charge in [0.15, 0.2) is 0 Å². The van der Waals surface area contributed by atoms with Gasteiger partial charge in [-0.25, -0.2) is 9.97 Å². The van der Waals surface area contributed by atoms with Crippen LogP contribution < -0.4 is 10.1 Å². The Morgan fingerprint density at radius 3 is 2.52 bits per heavy atom. The molecule has 7 heteroatoms. The molecule has 0 amide bonds. The van der Waals surface area contributed by atoms with Crippen molar-refractivity contribution in [2.24, 2.45) is 0 Å². The summed E-state index contributed by atoms with van der Waals surface area (Å²) in [7, 11) is 1.70. The molecule has 112 valence electrons. The summed E-state index contributed by atoms with van der Waals surface area (Å²) in [4.78, 5) is 8.19. The van der Waals surface area contributed by atoms with E-state index in [1.54, 1.807) is 19.2 Å². The highest BCUT2D eigenvalue weighted by atomic mass is 19.4. The fourth-order valence-corrected chi connectivity index (χ4v) is 2.07. The highest BCUT2D eigenvalue weighted by Crippen LogP contribution is 2.35. The Morgan fingerprint density at radius 2 is 1.90 bits per heavy atom. The molecule has 0 atom stereocenters. The number of benzene rings is 1. The Balaban J connectivity index is 2.57. The molecule has 1 aromatic carbocycles. The van der Waals surface area contributed by atoms with Gasteiger partial charge in [-0.3, -0.25) is 0 Å². The van der Waals surface area contributed by atoms with Crippen molar-refractivity contribution in [3.05, 3.63) is 36.2 Å². The molecule has 0 aliphatic heterocycles. The van der Waals surface area contributed by atoms with Crippen molar-refractivity contribution < 1.29 is 17.9 Å². The van der Waals surface area contributed by atoms with Gasteiger partial charge >= 0.3 is 6.36 Å². The summed E-state index contributed by atoms with van der Waals surface area (Å²) in [5.41, 5.74) is 1.44. The van der Waals surface area contributed by atoms with Crippen LogP contribution in [-0.4, -0.2) is 23.4 Å². The Hall–Kier alpha value is -2.31. The van der Waals surface area contributed by atoms with Gasteiger partial charge in [-0.1, -0.05) is 19.1 Å². The molecule has 0 fully saturated rings. The van der Waals surface area contributed by atoms with Gasteiger partial charge in [0.2, 0.25) is 0 Å². The molecule has 1 N–H and O–H groups in total. The molecule has 0 aliphatic carbocycles. The second-order valence-corrected chi connectivity index (χ2v) is 4.20. The van der Waals surface area contributed by atoms with E-state index in [0.717, 1.165) is 5.56 Å². The lowest BCUT2D eigenvalue weighted by atomic mass is 10.0. The second-order valence-electron chi connectivity index (χ2n) is 4.20. The van der Waals surface area contributed by atoms with Crippen LogP contribution in [0.3, 0.4) is 0 Å². The van der Waals surface area contributed by atoms with Crippen molar-refractivity contribution in [2.45, 2.75) is 19.7 Å². The summed E-state index contributed by atoms with van der Waals surface area (Å²) in [5, 5.41) is 2.91. The fourth-order valence-electron chi connectivity index (χ4n) is 2.07. The van der Waals surface area contributed by atoms with E-state index in [4.69, 9.17) is 0 Å². The summed E-state index contributed by atoms with van der Waals surface area (Å²) in [6.45, 7) is 1.89. The van der Waals surface area contributed by atoms with Gasteiger partial charge in [-0.2, -0.15) is 0 Å². The first-order chi connectivity index (χ1) is 9.96. The van der Waals surface area contributed by atoms with Crippen LogP contribution >= 0.6 is 0 Å². The van der Waals surface area contributed by atoms with E-state index < -0.39 is 6.36 Å². The molecule has 0 aliphatic rings. The number of nitrogens with one attached hydrogen (secondary N) is 1. The number of alkyl halides is 3. The topological polar surface area (TPSA) is 47.0 Å². The zero-order valence-electron chi connectivity index (χ0n) is 11.5. The number of ether oxygens (including phenoxy) is 1. The molecule has 4 nitrogen and oxygen atoms in total. The number of nitrogens with zero attached hydrogens (tertiary/aromatic N) is 2. The van der Waals surface area contributed by atoms with Crippen LogP contribution in [0.5, 0.6) is 5.75 Å². The minimum atomic E-state index is -4.75. The first-order valence-electron chi connectivity index (χ1n) is 6.33. The molecule has 0 saturated heterocycles. The van der Waals surface area contributed by atoms with E-state index in [0.29, 0.717) is 17.9 Å². The molecule has 0 spiro atoms. The number of hydrogen-bond acceptors (Lipinski definition) is 4. The zero-order valence-corrected chi connectivity index (χ0v) is 11.5. The first-order valence-corrected chi connectivity index (χ1v) is 6.33. The summed E-state index contributed by atoms with van der Waals surface area (Å²) in [6.07, 6.45) is -2.86. The Kier molecular flexibility index (Phi) is 4.30. The normalized spacial score (nSPS) is 11.3. The summed E-state index contributed by atoms with van der Waals surface area (Å²) >= 11 is 0. The van der Waals surface area contributed by atoms with Gasteiger partial charge in [-0.15, -0.1) is 13.2 Å². The van der Waals surface area contributed by atoms with E-state index in [2.05, 4.69) is 20.0 Å². The van der Waals surface area contributed by atoms with E-state index in [-0.39, 0.29) is 11.3 Å². The largest absolute Gasteiger partial charge is 0.573 e. The highest BCUT2D eigenvalue weighted by Gasteiger charge is 2.32. The van der Waals surface area contributed by atoms with Crippen LogP contribution in [0.1, 0.15) is 12.5 Å². The van der Waals surface area contributed by atoms with Gasteiger partial charge in [-0.05, 0) is 18.6 Å². The van der Waals surface area contributed by atoms with Gasteiger partial charge in [0, 0.05) is 18.2 Å². The maximum Gasteiger partial charge on any atom is 0.573 e. The van der Waals surface area contributed by atoms with E-state index in [1.165, 1.54) is 18.5 Å². The molecular formula is C14H14F3N3O. The van der Waals surface area contributed by atoms with Crippen molar-refractivity contribution in [2.75, 3.05) is 12.4 Å². The summed E-state index contributed by atoms with van der Waals surface area (Å²) in [6, 6.07) is 5.93. The molecule has 2 aromatic rings. The van der Waals surface area contributed by atoms with Crippen LogP contribution in [0.2, 0.25) is 0 Å². The molecule has 0 bridgehead atoms. The van der Waals surface area contributed by atoms with E-state index in [1.807, 2.05) is 6.92 Å². The fraction of sp³-hybridized carbons (Fsp3) is 0.286. The maximum absolute atomic E-state index is 12.5. The van der Waals surface area contributed by atoms with Crippen LogP contribution in [0.15, 0.2) is 30.6 Å². The molecule has 1 heterocycles.